The molecule has 2 aromatic rings. The van der Waals surface area contributed by atoms with E-state index in [4.69, 9.17) is 9.84 Å². The summed E-state index contributed by atoms with van der Waals surface area (Å²) in [5.74, 6) is -0.754. The average Bonchev–Trinajstić information content (AvgIpc) is 2.56. The number of morpholine rings is 1. The van der Waals surface area contributed by atoms with Gasteiger partial charge in [0.05, 0.1) is 25.8 Å². The third-order valence-corrected chi connectivity index (χ3v) is 3.58. The van der Waals surface area contributed by atoms with Gasteiger partial charge >= 0.3 is 5.97 Å². The van der Waals surface area contributed by atoms with Crippen molar-refractivity contribution in [2.45, 2.75) is 6.42 Å². The number of anilines is 1. The minimum atomic E-state index is -0.906. The lowest BCUT2D eigenvalue weighted by molar-refractivity contribution is -0.136. The monoisotopic (exact) mass is 317 g/mol. The first kappa shape index (κ1) is 15.4. The van der Waals surface area contributed by atoms with Crippen molar-refractivity contribution in [1.29, 1.82) is 0 Å². The van der Waals surface area contributed by atoms with Crippen LogP contribution in [0.4, 0.5) is 10.2 Å². The highest BCUT2D eigenvalue weighted by Crippen LogP contribution is 2.23. The molecule has 2 heterocycles. The molecular formula is C16H16FN3O3. The van der Waals surface area contributed by atoms with Crippen LogP contribution in [0.1, 0.15) is 5.56 Å². The summed E-state index contributed by atoms with van der Waals surface area (Å²) in [5.41, 5.74) is 1.31. The zero-order chi connectivity index (χ0) is 16.2. The van der Waals surface area contributed by atoms with Crippen LogP contribution in [0.15, 0.2) is 30.5 Å². The summed E-state index contributed by atoms with van der Waals surface area (Å²) in [7, 11) is 0. The number of hydrogen-bond acceptors (Lipinski definition) is 5. The number of ether oxygens (including phenoxy) is 1. The van der Waals surface area contributed by atoms with E-state index in [2.05, 4.69) is 9.97 Å². The van der Waals surface area contributed by atoms with Crippen molar-refractivity contribution in [3.05, 3.63) is 41.8 Å². The van der Waals surface area contributed by atoms with E-state index in [0.717, 1.165) is 6.20 Å². The van der Waals surface area contributed by atoms with Gasteiger partial charge in [-0.05, 0) is 11.6 Å². The second kappa shape index (κ2) is 6.70. The lowest BCUT2D eigenvalue weighted by atomic mass is 10.1. The third kappa shape index (κ3) is 3.62. The molecule has 1 fully saturated rings. The van der Waals surface area contributed by atoms with Gasteiger partial charge in [-0.1, -0.05) is 18.2 Å². The Kier molecular flexibility index (Phi) is 4.47. The van der Waals surface area contributed by atoms with Gasteiger partial charge in [0.2, 0.25) is 0 Å². The van der Waals surface area contributed by atoms with E-state index in [1.54, 1.807) is 24.3 Å². The van der Waals surface area contributed by atoms with Crippen LogP contribution in [0.5, 0.6) is 0 Å². The molecule has 23 heavy (non-hydrogen) atoms. The maximum absolute atomic E-state index is 14.0. The first-order valence-corrected chi connectivity index (χ1v) is 7.30. The summed E-state index contributed by atoms with van der Waals surface area (Å²) in [4.78, 5) is 21.0. The first-order valence-electron chi connectivity index (χ1n) is 7.30. The fourth-order valence-corrected chi connectivity index (χ4v) is 2.49. The van der Waals surface area contributed by atoms with Crippen molar-refractivity contribution < 1.29 is 19.0 Å². The van der Waals surface area contributed by atoms with Gasteiger partial charge in [-0.15, -0.1) is 0 Å². The highest BCUT2D eigenvalue weighted by atomic mass is 19.1. The molecule has 6 nitrogen and oxygen atoms in total. The molecule has 1 aromatic heterocycles. The molecule has 0 aliphatic carbocycles. The lowest BCUT2D eigenvalue weighted by Crippen LogP contribution is -2.37. The second-order valence-electron chi connectivity index (χ2n) is 5.24. The van der Waals surface area contributed by atoms with Crippen LogP contribution in [0.25, 0.3) is 11.4 Å². The number of aromatic nitrogens is 2. The van der Waals surface area contributed by atoms with Crippen molar-refractivity contribution in [2.75, 3.05) is 31.2 Å². The number of benzene rings is 1. The summed E-state index contributed by atoms with van der Waals surface area (Å²) >= 11 is 0. The van der Waals surface area contributed by atoms with Crippen LogP contribution in [0.3, 0.4) is 0 Å². The Bertz CT molecular complexity index is 717. The molecule has 1 N–H and O–H groups in total. The molecule has 3 rings (SSSR count). The van der Waals surface area contributed by atoms with Crippen LogP contribution in [0.2, 0.25) is 0 Å². The molecule has 1 aliphatic heterocycles. The molecule has 0 amide bonds. The molecule has 0 bridgehead atoms. The Labute approximate surface area is 132 Å². The summed E-state index contributed by atoms with van der Waals surface area (Å²) in [6.45, 7) is 2.22. The maximum atomic E-state index is 14.0. The number of carboxylic acids is 1. The van der Waals surface area contributed by atoms with Crippen LogP contribution >= 0.6 is 0 Å². The van der Waals surface area contributed by atoms with E-state index in [-0.39, 0.29) is 12.2 Å². The number of aliphatic carboxylic acids is 1. The molecule has 0 spiro atoms. The number of nitrogens with zero attached hydrogens (tertiary/aromatic N) is 3. The van der Waals surface area contributed by atoms with Gasteiger partial charge in [-0.25, -0.2) is 14.4 Å². The van der Waals surface area contributed by atoms with Crippen molar-refractivity contribution >= 4 is 11.8 Å². The van der Waals surface area contributed by atoms with E-state index in [0.29, 0.717) is 43.3 Å². The summed E-state index contributed by atoms with van der Waals surface area (Å²) in [5, 5.41) is 8.88. The van der Waals surface area contributed by atoms with Crippen molar-refractivity contribution in [2.24, 2.45) is 0 Å². The molecule has 1 aliphatic rings. The molecule has 0 saturated carbocycles. The topological polar surface area (TPSA) is 75.5 Å². The van der Waals surface area contributed by atoms with Crippen molar-refractivity contribution in [1.82, 2.24) is 9.97 Å². The predicted octanol–water partition coefficient (Wildman–Crippen LogP) is 1.75. The summed E-state index contributed by atoms with van der Waals surface area (Å²) < 4.78 is 19.3. The lowest BCUT2D eigenvalue weighted by Gasteiger charge is -2.28. The van der Waals surface area contributed by atoms with Crippen LogP contribution in [-0.2, 0) is 16.0 Å². The molecule has 0 atom stereocenters. The number of carbonyl (C=O) groups is 1. The fraction of sp³-hybridized carbons (Fsp3) is 0.312. The van der Waals surface area contributed by atoms with Crippen molar-refractivity contribution in [3.63, 3.8) is 0 Å². The summed E-state index contributed by atoms with van der Waals surface area (Å²) in [6.07, 6.45) is 1.07. The predicted molar refractivity (Wildman–Crippen MR) is 81.8 cm³/mol. The van der Waals surface area contributed by atoms with Crippen LogP contribution < -0.4 is 4.90 Å². The van der Waals surface area contributed by atoms with Gasteiger partial charge < -0.3 is 14.7 Å². The Morgan fingerprint density at radius 2 is 2.13 bits per heavy atom. The fourth-order valence-electron chi connectivity index (χ4n) is 2.49. The Morgan fingerprint density at radius 3 is 2.87 bits per heavy atom. The Balaban J connectivity index is 1.92. The minimum absolute atomic E-state index is 0.0780. The maximum Gasteiger partial charge on any atom is 0.307 e. The first-order chi connectivity index (χ1) is 11.1. The van der Waals surface area contributed by atoms with Gasteiger partial charge in [0.1, 0.15) is 0 Å². The largest absolute Gasteiger partial charge is 0.481 e. The molecular weight excluding hydrogens is 301 g/mol. The quantitative estimate of drug-likeness (QED) is 0.926. The Morgan fingerprint density at radius 1 is 1.35 bits per heavy atom. The third-order valence-electron chi connectivity index (χ3n) is 3.58. The second-order valence-corrected chi connectivity index (χ2v) is 5.24. The number of rotatable bonds is 4. The van der Waals surface area contributed by atoms with Crippen LogP contribution in [0, 0.1) is 5.82 Å². The molecule has 0 radical (unpaired) electrons. The van der Waals surface area contributed by atoms with E-state index in [1.165, 1.54) is 0 Å². The molecule has 7 heteroatoms. The zero-order valence-corrected chi connectivity index (χ0v) is 12.4. The van der Waals surface area contributed by atoms with Gasteiger partial charge in [0.15, 0.2) is 17.5 Å². The molecule has 120 valence electrons. The molecule has 1 aromatic carbocycles. The van der Waals surface area contributed by atoms with Crippen molar-refractivity contribution in [3.8, 4) is 11.4 Å². The normalized spacial score (nSPS) is 14.7. The van der Waals surface area contributed by atoms with E-state index < -0.39 is 11.8 Å². The molecule has 1 saturated heterocycles. The smallest absolute Gasteiger partial charge is 0.307 e. The van der Waals surface area contributed by atoms with E-state index in [9.17, 15) is 9.18 Å². The highest BCUT2D eigenvalue weighted by Gasteiger charge is 2.18. The van der Waals surface area contributed by atoms with Gasteiger partial charge in [0, 0.05) is 18.7 Å². The van der Waals surface area contributed by atoms with E-state index in [1.807, 2.05) is 4.90 Å². The standard InChI is InChI=1S/C16H16FN3O3/c17-13-10-18-15(19-16(13)20-4-6-23-7-5-20)12-3-1-2-11(8-12)9-14(21)22/h1-3,8,10H,4-7,9H2,(H,21,22). The summed E-state index contributed by atoms with van der Waals surface area (Å²) in [6, 6.07) is 6.96. The molecule has 0 unspecified atom stereocenters. The number of hydrogen-bond donors (Lipinski definition) is 1. The zero-order valence-electron chi connectivity index (χ0n) is 12.4. The van der Waals surface area contributed by atoms with Crippen LogP contribution in [-0.4, -0.2) is 47.3 Å². The van der Waals surface area contributed by atoms with Gasteiger partial charge in [-0.3, -0.25) is 4.79 Å². The SMILES string of the molecule is O=C(O)Cc1cccc(-c2ncc(F)c(N3CCOCC3)n2)c1. The number of halogens is 1. The minimum Gasteiger partial charge on any atom is -0.481 e. The van der Waals surface area contributed by atoms with Gasteiger partial charge in [-0.2, -0.15) is 0 Å². The van der Waals surface area contributed by atoms with E-state index >= 15 is 0 Å². The van der Waals surface area contributed by atoms with Gasteiger partial charge in [0.25, 0.3) is 0 Å². The highest BCUT2D eigenvalue weighted by molar-refractivity contribution is 5.71. The average molecular weight is 317 g/mol. The Hall–Kier alpha value is -2.54. The number of carboxylic acid groups (broad SMARTS) is 1.